The molecule has 8 nitrogen and oxygen atoms in total. The first-order chi connectivity index (χ1) is 14.9. The van der Waals surface area contributed by atoms with Crippen LogP contribution in [0.2, 0.25) is 0 Å². The predicted octanol–water partition coefficient (Wildman–Crippen LogP) is 2.71. The van der Waals surface area contributed by atoms with Crippen molar-refractivity contribution >= 4 is 38.3 Å². The lowest BCUT2D eigenvalue weighted by Crippen LogP contribution is -2.24. The molecule has 4 aromatic rings. The van der Waals surface area contributed by atoms with Crippen LogP contribution >= 0.6 is 11.3 Å². The Kier molecular flexibility index (Phi) is 4.70. The average molecular weight is 436 g/mol. The highest BCUT2D eigenvalue weighted by Gasteiger charge is 2.23. The van der Waals surface area contributed by atoms with Gasteiger partial charge in [0.05, 0.1) is 10.8 Å². The number of rotatable bonds is 3. The van der Waals surface area contributed by atoms with E-state index in [1.165, 1.54) is 11.9 Å². The fraction of sp³-hybridized carbons (Fsp3) is 0.318. The van der Waals surface area contributed by atoms with Crippen LogP contribution in [0, 0.1) is 5.92 Å². The second-order valence-corrected chi connectivity index (χ2v) is 9.03. The minimum Gasteiger partial charge on any atom is -0.453 e. The number of nitrogens with one attached hydrogen (secondary N) is 1. The van der Waals surface area contributed by atoms with Crippen LogP contribution in [0.3, 0.4) is 0 Å². The molecule has 0 fully saturated rings. The van der Waals surface area contributed by atoms with Gasteiger partial charge >= 0.3 is 5.97 Å². The number of carbonyl (C=O) groups is 1. The van der Waals surface area contributed by atoms with E-state index in [9.17, 15) is 14.4 Å². The molecule has 1 aliphatic rings. The number of hydrogen-bond donors (Lipinski definition) is 1. The van der Waals surface area contributed by atoms with Gasteiger partial charge in [-0.3, -0.25) is 9.59 Å². The molecule has 1 aliphatic carbocycles. The van der Waals surface area contributed by atoms with Crippen LogP contribution in [0.5, 0.6) is 0 Å². The van der Waals surface area contributed by atoms with Gasteiger partial charge in [0.15, 0.2) is 5.69 Å². The summed E-state index contributed by atoms with van der Waals surface area (Å²) in [6.45, 7) is 2.02. The summed E-state index contributed by atoms with van der Waals surface area (Å²) in [6, 6.07) is 6.75. The van der Waals surface area contributed by atoms with Gasteiger partial charge in [-0.2, -0.15) is 5.10 Å². The molecule has 31 heavy (non-hydrogen) atoms. The number of benzene rings is 1. The summed E-state index contributed by atoms with van der Waals surface area (Å²) in [5.74, 6) is 0.199. The number of nitrogens with zero attached hydrogens (tertiary/aromatic N) is 3. The third-order valence-corrected chi connectivity index (χ3v) is 6.85. The number of aromatic amines is 1. The Morgan fingerprint density at radius 1 is 1.29 bits per heavy atom. The maximum Gasteiger partial charge on any atom is 0.359 e. The molecule has 9 heteroatoms. The topological polar surface area (TPSA) is 107 Å². The Hall–Kier alpha value is -3.33. The van der Waals surface area contributed by atoms with Gasteiger partial charge in [0.25, 0.3) is 11.1 Å². The first-order valence-electron chi connectivity index (χ1n) is 10.1. The van der Waals surface area contributed by atoms with Crippen molar-refractivity contribution in [2.75, 3.05) is 0 Å². The lowest BCUT2D eigenvalue weighted by Gasteiger charge is -2.17. The molecule has 0 unspecified atom stereocenters. The summed E-state index contributed by atoms with van der Waals surface area (Å²) in [7, 11) is 1.48. The van der Waals surface area contributed by atoms with Crippen LogP contribution in [0.4, 0.5) is 0 Å². The van der Waals surface area contributed by atoms with Gasteiger partial charge in [0.1, 0.15) is 17.3 Å². The normalized spacial score (nSPS) is 15.9. The predicted molar refractivity (Wildman–Crippen MR) is 118 cm³/mol. The maximum absolute atomic E-state index is 12.7. The number of esters is 1. The van der Waals surface area contributed by atoms with E-state index < -0.39 is 5.97 Å². The van der Waals surface area contributed by atoms with E-state index in [-0.39, 0.29) is 29.2 Å². The highest BCUT2D eigenvalue weighted by atomic mass is 32.1. The Bertz CT molecular complexity index is 1470. The fourth-order valence-electron chi connectivity index (χ4n) is 4.11. The largest absolute Gasteiger partial charge is 0.453 e. The molecule has 5 rings (SSSR count). The van der Waals surface area contributed by atoms with Crippen molar-refractivity contribution in [3.8, 4) is 0 Å². The van der Waals surface area contributed by atoms with Gasteiger partial charge in [-0.15, -0.1) is 11.3 Å². The molecule has 3 aromatic heterocycles. The number of ether oxygens (including phenoxy) is 1. The van der Waals surface area contributed by atoms with E-state index in [4.69, 9.17) is 4.74 Å². The first kappa shape index (κ1) is 19.6. The summed E-state index contributed by atoms with van der Waals surface area (Å²) in [4.78, 5) is 46.9. The lowest BCUT2D eigenvalue weighted by atomic mass is 9.89. The highest BCUT2D eigenvalue weighted by molar-refractivity contribution is 7.18. The minimum absolute atomic E-state index is 0.0432. The molecule has 1 aromatic carbocycles. The van der Waals surface area contributed by atoms with Crippen molar-refractivity contribution in [1.82, 2.24) is 19.7 Å². The monoisotopic (exact) mass is 436 g/mol. The van der Waals surface area contributed by atoms with Gasteiger partial charge in [-0.25, -0.2) is 14.5 Å². The quantitative estimate of drug-likeness (QED) is 0.495. The fourth-order valence-corrected chi connectivity index (χ4v) is 5.52. The van der Waals surface area contributed by atoms with Crippen molar-refractivity contribution in [3.63, 3.8) is 0 Å². The molecule has 0 radical (unpaired) electrons. The van der Waals surface area contributed by atoms with Crippen LogP contribution in [0.25, 0.3) is 21.0 Å². The molecule has 1 N–H and O–H groups in total. The molecule has 0 aliphatic heterocycles. The van der Waals surface area contributed by atoms with Crippen LogP contribution < -0.4 is 11.1 Å². The number of H-pyrrole nitrogens is 1. The average Bonchev–Trinajstić information content (AvgIpc) is 3.12. The summed E-state index contributed by atoms with van der Waals surface area (Å²) in [6.07, 6.45) is 2.92. The molecule has 0 saturated carbocycles. The number of aryl methyl sites for hydroxylation is 2. The van der Waals surface area contributed by atoms with Crippen molar-refractivity contribution in [2.45, 2.75) is 32.8 Å². The smallest absolute Gasteiger partial charge is 0.359 e. The van der Waals surface area contributed by atoms with Crippen molar-refractivity contribution < 1.29 is 9.53 Å². The maximum atomic E-state index is 12.7. The Labute approximate surface area is 180 Å². The molecule has 0 saturated heterocycles. The highest BCUT2D eigenvalue weighted by Crippen LogP contribution is 2.35. The van der Waals surface area contributed by atoms with E-state index in [1.54, 1.807) is 35.6 Å². The van der Waals surface area contributed by atoms with Crippen LogP contribution in [0.1, 0.15) is 40.1 Å². The van der Waals surface area contributed by atoms with E-state index in [1.807, 2.05) is 0 Å². The third kappa shape index (κ3) is 3.34. The summed E-state index contributed by atoms with van der Waals surface area (Å²) in [5, 5.41) is 5.54. The Morgan fingerprint density at radius 2 is 2.06 bits per heavy atom. The number of thiophene rings is 1. The van der Waals surface area contributed by atoms with Gasteiger partial charge in [0, 0.05) is 17.3 Å². The molecule has 3 heterocycles. The van der Waals surface area contributed by atoms with Gasteiger partial charge in [-0.1, -0.05) is 25.1 Å². The van der Waals surface area contributed by atoms with Crippen LogP contribution in [-0.4, -0.2) is 25.7 Å². The zero-order chi connectivity index (χ0) is 21.7. The van der Waals surface area contributed by atoms with Crippen molar-refractivity contribution in [3.05, 3.63) is 66.9 Å². The molecule has 0 spiro atoms. The lowest BCUT2D eigenvalue weighted by molar-refractivity contribution is 0.0455. The van der Waals surface area contributed by atoms with Gasteiger partial charge < -0.3 is 9.72 Å². The molecule has 0 bridgehead atoms. The molecular formula is C22H20N4O4S. The minimum atomic E-state index is -0.686. The van der Waals surface area contributed by atoms with Crippen molar-refractivity contribution in [2.24, 2.45) is 13.0 Å². The number of aromatic nitrogens is 4. The summed E-state index contributed by atoms with van der Waals surface area (Å²) < 4.78 is 6.51. The summed E-state index contributed by atoms with van der Waals surface area (Å²) in [5.41, 5.74) is 0.659. The first-order valence-corrected chi connectivity index (χ1v) is 10.9. The zero-order valence-electron chi connectivity index (χ0n) is 17.1. The number of fused-ring (bicyclic) bond motifs is 4. The number of hydrogen-bond acceptors (Lipinski definition) is 7. The zero-order valence-corrected chi connectivity index (χ0v) is 17.9. The molecular weight excluding hydrogens is 416 g/mol. The second kappa shape index (κ2) is 7.42. The second-order valence-electron chi connectivity index (χ2n) is 7.94. The number of carbonyl (C=O) groups excluding carboxylic acids is 1. The Morgan fingerprint density at radius 3 is 2.87 bits per heavy atom. The SMILES string of the molecule is C[C@@H]1CCc2c(sc3nc(COC(=O)c4nn(C)c(=O)c5ccccc45)[nH]c(=O)c23)C1. The van der Waals surface area contributed by atoms with E-state index >= 15 is 0 Å². The van der Waals surface area contributed by atoms with Gasteiger partial charge in [-0.05, 0) is 36.8 Å². The summed E-state index contributed by atoms with van der Waals surface area (Å²) >= 11 is 1.55. The standard InChI is InChI=1S/C22H20N4O4S/c1-11-7-8-14-15(9-11)31-20-17(14)19(27)23-16(24-20)10-30-22(29)18-12-5-3-4-6-13(12)21(28)26(2)25-18/h3-6,11H,7-10H2,1-2H3,(H,23,24,27)/t11-/m1/s1. The van der Waals surface area contributed by atoms with Crippen molar-refractivity contribution in [1.29, 1.82) is 0 Å². The van der Waals surface area contributed by atoms with Gasteiger partial charge in [0.2, 0.25) is 0 Å². The molecule has 1 atom stereocenters. The van der Waals surface area contributed by atoms with Crippen LogP contribution in [0.15, 0.2) is 33.9 Å². The molecule has 158 valence electrons. The Balaban J connectivity index is 1.45. The molecule has 0 amide bonds. The van der Waals surface area contributed by atoms with E-state index in [0.717, 1.165) is 29.5 Å². The van der Waals surface area contributed by atoms with Crippen LogP contribution in [-0.2, 0) is 31.2 Å². The van der Waals surface area contributed by atoms with E-state index in [2.05, 4.69) is 22.0 Å². The van der Waals surface area contributed by atoms with E-state index in [0.29, 0.717) is 26.9 Å². The third-order valence-electron chi connectivity index (χ3n) is 5.70.